The van der Waals surface area contributed by atoms with E-state index in [1.807, 2.05) is 49.5 Å². The van der Waals surface area contributed by atoms with Crippen LogP contribution in [0.4, 0.5) is 5.82 Å². The van der Waals surface area contributed by atoms with Crippen molar-refractivity contribution in [2.24, 2.45) is 5.92 Å². The van der Waals surface area contributed by atoms with Crippen LogP contribution in [0.2, 0.25) is 0 Å². The summed E-state index contributed by atoms with van der Waals surface area (Å²) < 4.78 is 7.10. The average molecular weight is 377 g/mol. The monoisotopic (exact) mass is 377 g/mol. The first-order valence-electron chi connectivity index (χ1n) is 9.43. The number of benzene rings is 1. The quantitative estimate of drug-likeness (QED) is 0.636. The number of carbonyl (C=O) groups is 1. The zero-order valence-corrected chi connectivity index (χ0v) is 16.1. The van der Waals surface area contributed by atoms with E-state index in [2.05, 4.69) is 20.0 Å². The molecule has 1 aliphatic rings. The van der Waals surface area contributed by atoms with Crippen molar-refractivity contribution in [2.75, 3.05) is 25.1 Å². The Kier molecular flexibility index (Phi) is 5.06. The molecule has 1 atom stereocenters. The van der Waals surface area contributed by atoms with Gasteiger partial charge in [0.2, 0.25) is 0 Å². The van der Waals surface area contributed by atoms with E-state index in [4.69, 9.17) is 4.74 Å². The van der Waals surface area contributed by atoms with Crippen LogP contribution in [0.1, 0.15) is 29.0 Å². The molecule has 1 saturated heterocycles. The van der Waals surface area contributed by atoms with Gasteiger partial charge in [-0.2, -0.15) is 5.10 Å². The third-order valence-electron chi connectivity index (χ3n) is 5.04. The predicted octanol–water partition coefficient (Wildman–Crippen LogP) is 3.08. The number of Topliss-reactive ketones (excluding diaryl/α,β-unsaturated/α-hetero) is 1. The molecule has 3 heterocycles. The maximum Gasteiger partial charge on any atom is 0.171 e. The molecule has 144 valence electrons. The van der Waals surface area contributed by atoms with E-state index in [0.29, 0.717) is 23.7 Å². The maximum absolute atomic E-state index is 13.1. The number of anilines is 1. The second-order valence-corrected chi connectivity index (χ2v) is 6.93. The first-order valence-corrected chi connectivity index (χ1v) is 9.43. The highest BCUT2D eigenvalue weighted by Gasteiger charge is 2.29. The Morgan fingerprint density at radius 3 is 2.79 bits per heavy atom. The van der Waals surface area contributed by atoms with Crippen molar-refractivity contribution in [1.29, 1.82) is 0 Å². The summed E-state index contributed by atoms with van der Waals surface area (Å²) in [4.78, 5) is 24.4. The van der Waals surface area contributed by atoms with Crippen LogP contribution in [-0.2, 0) is 0 Å². The zero-order valence-electron chi connectivity index (χ0n) is 16.1. The molecule has 4 rings (SSSR count). The Labute approximate surface area is 164 Å². The van der Waals surface area contributed by atoms with Gasteiger partial charge in [0, 0.05) is 37.5 Å². The molecule has 0 aliphatic carbocycles. The molecule has 0 bridgehead atoms. The lowest BCUT2D eigenvalue weighted by atomic mass is 9.89. The number of aryl methyl sites for hydroxylation is 1. The molecule has 0 amide bonds. The van der Waals surface area contributed by atoms with E-state index in [-0.39, 0.29) is 11.7 Å². The minimum absolute atomic E-state index is 0.0894. The third kappa shape index (κ3) is 3.60. The SMILES string of the molecule is COc1ccccc1C(=O)[C@@H]1CCCN(c2cc(-n3cccn3)nc(C)n2)C1. The summed E-state index contributed by atoms with van der Waals surface area (Å²) in [5.74, 6) is 2.90. The van der Waals surface area contributed by atoms with Crippen molar-refractivity contribution in [1.82, 2.24) is 19.7 Å². The number of rotatable bonds is 5. The summed E-state index contributed by atoms with van der Waals surface area (Å²) in [6, 6.07) is 11.2. The minimum atomic E-state index is -0.0894. The molecule has 1 aromatic carbocycles. The van der Waals surface area contributed by atoms with Crippen molar-refractivity contribution in [3.63, 3.8) is 0 Å². The molecule has 7 heteroatoms. The molecule has 7 nitrogen and oxygen atoms in total. The lowest BCUT2D eigenvalue weighted by Crippen LogP contribution is -2.39. The standard InChI is InChI=1S/C21H23N5O2/c1-15-23-19(13-20(24-15)26-12-6-10-22-26)25-11-5-7-16(14-25)21(27)17-8-3-4-9-18(17)28-2/h3-4,6,8-10,12-13,16H,5,7,11,14H2,1-2H3/t16-/m1/s1. The number of aromatic nitrogens is 4. The van der Waals surface area contributed by atoms with Crippen LogP contribution >= 0.6 is 0 Å². The summed E-state index contributed by atoms with van der Waals surface area (Å²) in [6.45, 7) is 3.37. The first kappa shape index (κ1) is 18.2. The van der Waals surface area contributed by atoms with Crippen LogP contribution in [0, 0.1) is 12.8 Å². The highest BCUT2D eigenvalue weighted by Crippen LogP contribution is 2.28. The first-order chi connectivity index (χ1) is 13.7. The fourth-order valence-electron chi connectivity index (χ4n) is 3.69. The van der Waals surface area contributed by atoms with Crippen molar-refractivity contribution >= 4 is 11.6 Å². The summed E-state index contributed by atoms with van der Waals surface area (Å²) in [5.41, 5.74) is 0.646. The number of hydrogen-bond donors (Lipinski definition) is 0. The molecule has 3 aromatic rings. The van der Waals surface area contributed by atoms with E-state index < -0.39 is 0 Å². The predicted molar refractivity (Wildman–Crippen MR) is 106 cm³/mol. The maximum atomic E-state index is 13.1. The molecule has 2 aromatic heterocycles. The minimum Gasteiger partial charge on any atom is -0.496 e. The van der Waals surface area contributed by atoms with Crippen LogP contribution in [0.3, 0.4) is 0 Å². The van der Waals surface area contributed by atoms with Crippen LogP contribution in [-0.4, -0.2) is 45.7 Å². The molecular formula is C21H23N5O2. The Hall–Kier alpha value is -3.22. The molecular weight excluding hydrogens is 354 g/mol. The fraction of sp³-hybridized carbons (Fsp3) is 0.333. The largest absolute Gasteiger partial charge is 0.496 e. The van der Waals surface area contributed by atoms with Crippen LogP contribution in [0.5, 0.6) is 5.75 Å². The van der Waals surface area contributed by atoms with Crippen molar-refractivity contribution in [3.8, 4) is 11.6 Å². The van der Waals surface area contributed by atoms with Gasteiger partial charge in [0.15, 0.2) is 11.6 Å². The van der Waals surface area contributed by atoms with Gasteiger partial charge in [-0.1, -0.05) is 12.1 Å². The average Bonchev–Trinajstić information content (AvgIpc) is 3.28. The number of carbonyl (C=O) groups excluding carboxylic acids is 1. The number of ketones is 1. The Balaban J connectivity index is 1.58. The van der Waals surface area contributed by atoms with Gasteiger partial charge in [0.05, 0.1) is 12.7 Å². The van der Waals surface area contributed by atoms with Crippen LogP contribution in [0.25, 0.3) is 5.82 Å². The van der Waals surface area contributed by atoms with Gasteiger partial charge < -0.3 is 9.64 Å². The molecule has 0 saturated carbocycles. The zero-order chi connectivity index (χ0) is 19.5. The lowest BCUT2D eigenvalue weighted by Gasteiger charge is -2.33. The van der Waals surface area contributed by atoms with Gasteiger partial charge in [-0.25, -0.2) is 14.6 Å². The topological polar surface area (TPSA) is 73.1 Å². The van der Waals surface area contributed by atoms with Gasteiger partial charge in [-0.15, -0.1) is 0 Å². The van der Waals surface area contributed by atoms with Gasteiger partial charge >= 0.3 is 0 Å². The highest BCUT2D eigenvalue weighted by molar-refractivity contribution is 6.00. The number of nitrogens with zero attached hydrogens (tertiary/aromatic N) is 5. The van der Waals surface area contributed by atoms with Crippen molar-refractivity contribution in [2.45, 2.75) is 19.8 Å². The Bertz CT molecular complexity index is 971. The molecule has 28 heavy (non-hydrogen) atoms. The highest BCUT2D eigenvalue weighted by atomic mass is 16.5. The molecule has 0 unspecified atom stereocenters. The number of para-hydroxylation sites is 1. The number of ether oxygens (including phenoxy) is 1. The smallest absolute Gasteiger partial charge is 0.171 e. The Morgan fingerprint density at radius 1 is 1.18 bits per heavy atom. The van der Waals surface area contributed by atoms with Crippen molar-refractivity contribution < 1.29 is 9.53 Å². The summed E-state index contributed by atoms with van der Waals surface area (Å²) >= 11 is 0. The van der Waals surface area contributed by atoms with Gasteiger partial charge in [-0.3, -0.25) is 4.79 Å². The third-order valence-corrected chi connectivity index (χ3v) is 5.04. The second kappa shape index (κ2) is 7.80. The summed E-state index contributed by atoms with van der Waals surface area (Å²) in [7, 11) is 1.60. The molecule has 0 spiro atoms. The summed E-state index contributed by atoms with van der Waals surface area (Å²) in [6.07, 6.45) is 5.38. The van der Waals surface area contributed by atoms with E-state index in [9.17, 15) is 4.79 Å². The van der Waals surface area contributed by atoms with E-state index in [0.717, 1.165) is 31.0 Å². The summed E-state index contributed by atoms with van der Waals surface area (Å²) in [5, 5.41) is 4.26. The molecule has 1 fully saturated rings. The molecule has 0 radical (unpaired) electrons. The number of hydrogen-bond acceptors (Lipinski definition) is 6. The van der Waals surface area contributed by atoms with E-state index in [1.54, 1.807) is 18.0 Å². The van der Waals surface area contributed by atoms with Crippen LogP contribution in [0.15, 0.2) is 48.8 Å². The normalized spacial score (nSPS) is 16.8. The van der Waals surface area contributed by atoms with Crippen LogP contribution < -0.4 is 9.64 Å². The number of piperidine rings is 1. The Morgan fingerprint density at radius 2 is 2.00 bits per heavy atom. The fourth-order valence-corrected chi connectivity index (χ4v) is 3.69. The molecule has 0 N–H and O–H groups in total. The van der Waals surface area contributed by atoms with Gasteiger partial charge in [0.25, 0.3) is 0 Å². The molecule has 1 aliphatic heterocycles. The van der Waals surface area contributed by atoms with E-state index in [1.165, 1.54) is 0 Å². The van der Waals surface area contributed by atoms with Gasteiger partial charge in [-0.05, 0) is 38.0 Å². The lowest BCUT2D eigenvalue weighted by molar-refractivity contribution is 0.0904. The second-order valence-electron chi connectivity index (χ2n) is 6.93. The van der Waals surface area contributed by atoms with Crippen molar-refractivity contribution in [3.05, 3.63) is 60.2 Å². The number of methoxy groups -OCH3 is 1. The van der Waals surface area contributed by atoms with E-state index >= 15 is 0 Å². The van der Waals surface area contributed by atoms with Gasteiger partial charge in [0.1, 0.15) is 17.4 Å².